The maximum Gasteiger partial charge on any atom is 0.309 e. The maximum atomic E-state index is 11.5. The van der Waals surface area contributed by atoms with E-state index in [2.05, 4.69) is 42.5 Å². The fraction of sp³-hybridized carbons (Fsp3) is 0.500. The Labute approximate surface area is 121 Å². The number of hydrogen-bond donors (Lipinski definition) is 0. The Morgan fingerprint density at radius 2 is 2.00 bits per heavy atom. The van der Waals surface area contributed by atoms with Gasteiger partial charge in [0.2, 0.25) is 0 Å². The molecule has 0 amide bonds. The van der Waals surface area contributed by atoms with Gasteiger partial charge in [-0.15, -0.1) is 0 Å². The van der Waals surface area contributed by atoms with Crippen molar-refractivity contribution < 1.29 is 9.53 Å². The first-order valence-corrected chi connectivity index (χ1v) is 7.66. The first-order chi connectivity index (χ1) is 9.81. The zero-order chi connectivity index (χ0) is 14.2. The van der Waals surface area contributed by atoms with E-state index in [1.54, 1.807) is 0 Å². The third-order valence-corrected chi connectivity index (χ3v) is 3.83. The summed E-state index contributed by atoms with van der Waals surface area (Å²) in [5.74, 6) is 0.756. The number of aryl methyl sites for hydroxylation is 1. The third-order valence-electron chi connectivity index (χ3n) is 3.83. The van der Waals surface area contributed by atoms with Crippen LogP contribution < -0.4 is 0 Å². The van der Waals surface area contributed by atoms with Crippen molar-refractivity contribution in [1.82, 2.24) is 0 Å². The smallest absolute Gasteiger partial charge is 0.309 e. The van der Waals surface area contributed by atoms with Crippen LogP contribution in [0.3, 0.4) is 0 Å². The number of carbonyl (C=O) groups is 1. The minimum absolute atomic E-state index is 0.00515. The van der Waals surface area contributed by atoms with Crippen LogP contribution in [-0.4, -0.2) is 12.6 Å². The molecule has 0 spiro atoms. The lowest BCUT2D eigenvalue weighted by Gasteiger charge is -1.99. The van der Waals surface area contributed by atoms with Gasteiger partial charge in [0.15, 0.2) is 0 Å². The highest BCUT2D eigenvalue weighted by atomic mass is 16.5. The molecule has 108 valence electrons. The zero-order valence-electron chi connectivity index (χ0n) is 12.3. The van der Waals surface area contributed by atoms with Crippen molar-refractivity contribution in [2.24, 2.45) is 11.8 Å². The van der Waals surface area contributed by atoms with Crippen LogP contribution in [0.25, 0.3) is 0 Å². The summed E-state index contributed by atoms with van der Waals surface area (Å²) in [4.78, 5) is 11.5. The number of hydrogen-bond acceptors (Lipinski definition) is 2. The van der Waals surface area contributed by atoms with E-state index in [1.807, 2.05) is 6.92 Å². The number of benzene rings is 1. The predicted octanol–water partition coefficient (Wildman–Crippen LogP) is 4.15. The summed E-state index contributed by atoms with van der Waals surface area (Å²) in [6.07, 6.45) is 9.93. The quantitative estimate of drug-likeness (QED) is 0.525. The second kappa shape index (κ2) is 7.88. The highest BCUT2D eigenvalue weighted by Crippen LogP contribution is 2.42. The van der Waals surface area contributed by atoms with E-state index < -0.39 is 0 Å². The van der Waals surface area contributed by atoms with Crippen molar-refractivity contribution in [3.05, 3.63) is 48.0 Å². The Morgan fingerprint density at radius 3 is 2.75 bits per heavy atom. The van der Waals surface area contributed by atoms with E-state index in [0.717, 1.165) is 32.1 Å². The van der Waals surface area contributed by atoms with Crippen molar-refractivity contribution in [3.63, 3.8) is 0 Å². The number of carbonyl (C=O) groups excluding carboxylic acids is 1. The molecule has 2 atom stereocenters. The van der Waals surface area contributed by atoms with Gasteiger partial charge >= 0.3 is 5.97 Å². The molecule has 0 radical (unpaired) electrons. The summed E-state index contributed by atoms with van der Waals surface area (Å²) >= 11 is 0. The minimum Gasteiger partial charge on any atom is -0.466 e. The van der Waals surface area contributed by atoms with E-state index in [1.165, 1.54) is 5.56 Å². The van der Waals surface area contributed by atoms with Gasteiger partial charge in [-0.05, 0) is 50.5 Å². The van der Waals surface area contributed by atoms with Gasteiger partial charge in [-0.25, -0.2) is 0 Å². The van der Waals surface area contributed by atoms with Crippen LogP contribution in [0.1, 0.15) is 38.2 Å². The zero-order valence-corrected chi connectivity index (χ0v) is 12.3. The van der Waals surface area contributed by atoms with Crippen LogP contribution >= 0.6 is 0 Å². The van der Waals surface area contributed by atoms with Crippen molar-refractivity contribution in [1.29, 1.82) is 0 Å². The molecule has 0 aliphatic heterocycles. The van der Waals surface area contributed by atoms with E-state index in [4.69, 9.17) is 4.74 Å². The Balaban J connectivity index is 1.54. The average Bonchev–Trinajstić information content (AvgIpc) is 3.24. The van der Waals surface area contributed by atoms with Crippen LogP contribution in [-0.2, 0) is 16.0 Å². The first kappa shape index (κ1) is 14.8. The van der Waals surface area contributed by atoms with Gasteiger partial charge in [-0.2, -0.15) is 0 Å². The van der Waals surface area contributed by atoms with Gasteiger partial charge in [0.1, 0.15) is 0 Å². The number of allylic oxidation sites excluding steroid dienone is 2. The fourth-order valence-corrected chi connectivity index (χ4v) is 2.55. The molecular weight excluding hydrogens is 248 g/mol. The van der Waals surface area contributed by atoms with E-state index in [9.17, 15) is 4.79 Å². The van der Waals surface area contributed by atoms with Crippen LogP contribution in [0, 0.1) is 11.8 Å². The van der Waals surface area contributed by atoms with E-state index in [0.29, 0.717) is 12.5 Å². The third kappa shape index (κ3) is 4.84. The second-order valence-corrected chi connectivity index (χ2v) is 5.43. The fourth-order valence-electron chi connectivity index (χ4n) is 2.55. The molecule has 0 unspecified atom stereocenters. The summed E-state index contributed by atoms with van der Waals surface area (Å²) in [7, 11) is 0. The number of ether oxygens (including phenoxy) is 1. The van der Waals surface area contributed by atoms with Crippen molar-refractivity contribution in [2.45, 2.75) is 39.0 Å². The largest absolute Gasteiger partial charge is 0.466 e. The summed E-state index contributed by atoms with van der Waals surface area (Å²) in [5.41, 5.74) is 1.39. The summed E-state index contributed by atoms with van der Waals surface area (Å²) in [6.45, 7) is 2.37. The molecule has 0 bridgehead atoms. The maximum absolute atomic E-state index is 11.5. The number of esters is 1. The summed E-state index contributed by atoms with van der Waals surface area (Å²) in [6, 6.07) is 10.6. The Hall–Kier alpha value is -1.57. The Kier molecular flexibility index (Phi) is 5.85. The van der Waals surface area contributed by atoms with Crippen molar-refractivity contribution in [3.8, 4) is 0 Å². The molecule has 1 aliphatic rings. The van der Waals surface area contributed by atoms with Crippen LogP contribution in [0.4, 0.5) is 0 Å². The molecule has 20 heavy (non-hydrogen) atoms. The van der Waals surface area contributed by atoms with Gasteiger partial charge in [0, 0.05) is 0 Å². The lowest BCUT2D eigenvalue weighted by molar-refractivity contribution is -0.145. The van der Waals surface area contributed by atoms with Crippen LogP contribution in [0.2, 0.25) is 0 Å². The lowest BCUT2D eigenvalue weighted by atomic mass is 10.1. The van der Waals surface area contributed by atoms with Gasteiger partial charge in [0.05, 0.1) is 12.5 Å². The molecule has 1 saturated carbocycles. The van der Waals surface area contributed by atoms with Crippen LogP contribution in [0.5, 0.6) is 0 Å². The van der Waals surface area contributed by atoms with Gasteiger partial charge in [-0.3, -0.25) is 4.79 Å². The minimum atomic E-state index is 0.00515. The lowest BCUT2D eigenvalue weighted by Crippen LogP contribution is -2.07. The van der Waals surface area contributed by atoms with Crippen molar-refractivity contribution in [2.75, 3.05) is 6.61 Å². The molecular formula is C18H24O2. The predicted molar refractivity (Wildman–Crippen MR) is 81.4 cm³/mol. The molecule has 2 rings (SSSR count). The topological polar surface area (TPSA) is 26.3 Å². The Bertz CT molecular complexity index is 436. The van der Waals surface area contributed by atoms with Crippen molar-refractivity contribution >= 4 is 5.97 Å². The Morgan fingerprint density at radius 1 is 1.25 bits per heavy atom. The van der Waals surface area contributed by atoms with Crippen LogP contribution in [0.15, 0.2) is 42.5 Å². The average molecular weight is 272 g/mol. The molecule has 1 aliphatic carbocycles. The highest BCUT2D eigenvalue weighted by molar-refractivity contribution is 5.75. The van der Waals surface area contributed by atoms with Gasteiger partial charge < -0.3 is 4.74 Å². The molecule has 0 N–H and O–H groups in total. The summed E-state index contributed by atoms with van der Waals surface area (Å²) < 4.78 is 5.03. The molecule has 0 heterocycles. The molecule has 1 fully saturated rings. The van der Waals surface area contributed by atoms with Gasteiger partial charge in [0.25, 0.3) is 0 Å². The first-order valence-electron chi connectivity index (χ1n) is 7.66. The van der Waals surface area contributed by atoms with E-state index >= 15 is 0 Å². The molecule has 2 heteroatoms. The normalized spacial score (nSPS) is 21.1. The standard InChI is InChI=1S/C18H24O2/c1-2-20-18(19)17-14-16(17)13-9-4-3-6-10-15-11-7-5-8-12-15/h3-5,7-8,11-12,16-17H,2,6,9-10,13-14H2,1H3/b4-3+/t16-,17+/m0/s1. The highest BCUT2D eigenvalue weighted by Gasteiger charge is 2.43. The molecule has 0 aromatic heterocycles. The SMILES string of the molecule is CCOC(=O)[C@@H]1C[C@@H]1CC/C=C/CCc1ccccc1. The molecule has 1 aromatic carbocycles. The van der Waals surface area contributed by atoms with E-state index in [-0.39, 0.29) is 11.9 Å². The summed E-state index contributed by atoms with van der Waals surface area (Å²) in [5, 5.41) is 0. The second-order valence-electron chi connectivity index (χ2n) is 5.43. The number of rotatable bonds is 8. The monoisotopic (exact) mass is 272 g/mol. The van der Waals surface area contributed by atoms with Gasteiger partial charge in [-0.1, -0.05) is 42.5 Å². The molecule has 1 aromatic rings. The molecule has 0 saturated heterocycles. The molecule has 2 nitrogen and oxygen atoms in total.